The fourth-order valence-electron chi connectivity index (χ4n) is 3.02. The van der Waals surface area contributed by atoms with Gasteiger partial charge in [-0.05, 0) is 37.9 Å². The van der Waals surface area contributed by atoms with E-state index >= 15 is 0 Å². The van der Waals surface area contributed by atoms with Gasteiger partial charge < -0.3 is 9.14 Å². The van der Waals surface area contributed by atoms with Crippen LogP contribution in [0, 0.1) is 6.92 Å². The highest BCUT2D eigenvalue weighted by molar-refractivity contribution is 5.75. The summed E-state index contributed by atoms with van der Waals surface area (Å²) < 4.78 is 6.97. The Bertz CT molecular complexity index is 650. The molecule has 3 rings (SSSR count). The zero-order chi connectivity index (χ0) is 14.8. The largest absolute Gasteiger partial charge is 0.468 e. The minimum absolute atomic E-state index is 0.129. The molecular formula is C16H21N3O2. The molecule has 0 aromatic carbocycles. The molecule has 0 amide bonds. The number of methoxy groups -OCH3 is 1. The number of imidazole rings is 1. The molecule has 1 atom stereocenters. The van der Waals surface area contributed by atoms with Crippen LogP contribution >= 0.6 is 0 Å². The summed E-state index contributed by atoms with van der Waals surface area (Å²) in [6.07, 6.45) is 7.20. The molecule has 1 fully saturated rings. The van der Waals surface area contributed by atoms with Crippen molar-refractivity contribution in [3.05, 3.63) is 35.8 Å². The van der Waals surface area contributed by atoms with E-state index in [0.29, 0.717) is 6.54 Å². The normalized spacial score (nSPS) is 19.8. The first kappa shape index (κ1) is 14.1. The summed E-state index contributed by atoms with van der Waals surface area (Å²) in [6.45, 7) is 3.68. The van der Waals surface area contributed by atoms with E-state index in [9.17, 15) is 4.79 Å². The molecule has 21 heavy (non-hydrogen) atoms. The average molecular weight is 287 g/mol. The number of carbonyl (C=O) groups is 1. The standard InChI is InChI=1S/C16H21N3O2/c1-12-6-7-15-17-13(11-19(15)9-12)10-18-8-4-3-5-14(18)16(20)21-2/h6-7,9,11,14H,3-5,8,10H2,1-2H3/t14-/m1/s1. The smallest absolute Gasteiger partial charge is 0.323 e. The van der Waals surface area contributed by atoms with E-state index in [1.165, 1.54) is 12.7 Å². The van der Waals surface area contributed by atoms with Gasteiger partial charge in [-0.3, -0.25) is 9.69 Å². The van der Waals surface area contributed by atoms with E-state index in [2.05, 4.69) is 29.1 Å². The van der Waals surface area contributed by atoms with Gasteiger partial charge in [0.1, 0.15) is 11.7 Å². The predicted molar refractivity (Wildman–Crippen MR) is 80.0 cm³/mol. The number of piperidine rings is 1. The Balaban J connectivity index is 1.80. The Morgan fingerprint density at radius 1 is 1.38 bits per heavy atom. The lowest BCUT2D eigenvalue weighted by atomic mass is 10.0. The molecule has 0 saturated carbocycles. The van der Waals surface area contributed by atoms with Crippen LogP contribution < -0.4 is 0 Å². The molecule has 0 N–H and O–H groups in total. The number of esters is 1. The van der Waals surface area contributed by atoms with Gasteiger partial charge in [0.05, 0.1) is 12.8 Å². The van der Waals surface area contributed by atoms with Crippen LogP contribution in [0.15, 0.2) is 24.5 Å². The summed E-state index contributed by atoms with van der Waals surface area (Å²) in [5, 5.41) is 0. The van der Waals surface area contributed by atoms with Crippen molar-refractivity contribution in [1.29, 1.82) is 0 Å². The van der Waals surface area contributed by atoms with Crippen molar-refractivity contribution in [2.45, 2.75) is 38.8 Å². The molecular weight excluding hydrogens is 266 g/mol. The summed E-state index contributed by atoms with van der Waals surface area (Å²) in [7, 11) is 1.46. The van der Waals surface area contributed by atoms with Crippen molar-refractivity contribution in [2.24, 2.45) is 0 Å². The molecule has 1 aliphatic rings. The van der Waals surface area contributed by atoms with Crippen molar-refractivity contribution < 1.29 is 9.53 Å². The summed E-state index contributed by atoms with van der Waals surface area (Å²) in [4.78, 5) is 18.7. The first-order chi connectivity index (χ1) is 10.2. The maximum atomic E-state index is 11.9. The van der Waals surface area contributed by atoms with Crippen LogP contribution in [0.25, 0.3) is 5.65 Å². The third-order valence-corrected chi connectivity index (χ3v) is 4.10. The van der Waals surface area contributed by atoms with Gasteiger partial charge in [-0.2, -0.15) is 0 Å². The monoisotopic (exact) mass is 287 g/mol. The summed E-state index contributed by atoms with van der Waals surface area (Å²) >= 11 is 0. The molecule has 2 aromatic heterocycles. The van der Waals surface area contributed by atoms with Gasteiger partial charge in [-0.1, -0.05) is 12.5 Å². The second-order valence-corrected chi connectivity index (χ2v) is 5.71. The minimum Gasteiger partial charge on any atom is -0.468 e. The number of carbonyl (C=O) groups excluding carboxylic acids is 1. The SMILES string of the molecule is COC(=O)[C@H]1CCCCN1Cc1cn2cc(C)ccc2n1. The number of pyridine rings is 1. The quantitative estimate of drug-likeness (QED) is 0.812. The molecule has 0 bridgehead atoms. The predicted octanol–water partition coefficient (Wildman–Crippen LogP) is 2.17. The summed E-state index contributed by atoms with van der Waals surface area (Å²) in [5.41, 5.74) is 3.15. The van der Waals surface area contributed by atoms with Gasteiger partial charge in [0.25, 0.3) is 0 Å². The number of hydrogen-bond acceptors (Lipinski definition) is 4. The topological polar surface area (TPSA) is 46.8 Å². The van der Waals surface area contributed by atoms with Gasteiger partial charge in [0, 0.05) is 18.9 Å². The number of fused-ring (bicyclic) bond motifs is 1. The molecule has 112 valence electrons. The van der Waals surface area contributed by atoms with Gasteiger partial charge in [0.15, 0.2) is 0 Å². The fraction of sp³-hybridized carbons (Fsp3) is 0.500. The van der Waals surface area contributed by atoms with Crippen LogP contribution in [0.1, 0.15) is 30.5 Å². The van der Waals surface area contributed by atoms with Crippen molar-refractivity contribution in [3.63, 3.8) is 0 Å². The highest BCUT2D eigenvalue weighted by atomic mass is 16.5. The number of rotatable bonds is 3. The van der Waals surface area contributed by atoms with Crippen LogP contribution in [0.2, 0.25) is 0 Å². The van der Waals surface area contributed by atoms with E-state index in [1.807, 2.05) is 16.7 Å². The van der Waals surface area contributed by atoms with E-state index in [4.69, 9.17) is 4.74 Å². The van der Waals surface area contributed by atoms with Crippen molar-refractivity contribution in [2.75, 3.05) is 13.7 Å². The lowest BCUT2D eigenvalue weighted by Crippen LogP contribution is -2.44. The number of aromatic nitrogens is 2. The van der Waals surface area contributed by atoms with Gasteiger partial charge >= 0.3 is 5.97 Å². The third kappa shape index (κ3) is 2.93. The highest BCUT2D eigenvalue weighted by Gasteiger charge is 2.29. The van der Waals surface area contributed by atoms with E-state index < -0.39 is 0 Å². The number of hydrogen-bond donors (Lipinski definition) is 0. The molecule has 5 nitrogen and oxygen atoms in total. The summed E-state index contributed by atoms with van der Waals surface area (Å²) in [5.74, 6) is -0.130. The van der Waals surface area contributed by atoms with Crippen LogP contribution in [0.3, 0.4) is 0 Å². The second kappa shape index (κ2) is 5.85. The number of likely N-dealkylation sites (tertiary alicyclic amines) is 1. The van der Waals surface area contributed by atoms with Gasteiger partial charge in [-0.15, -0.1) is 0 Å². The lowest BCUT2D eigenvalue weighted by molar-refractivity contribution is -0.148. The maximum absolute atomic E-state index is 11.9. The molecule has 0 unspecified atom stereocenters. The average Bonchev–Trinajstić information content (AvgIpc) is 2.88. The Kier molecular flexibility index (Phi) is 3.92. The Labute approximate surface area is 124 Å². The van der Waals surface area contributed by atoms with Crippen LogP contribution in [-0.2, 0) is 16.1 Å². The minimum atomic E-state index is -0.130. The lowest BCUT2D eigenvalue weighted by Gasteiger charge is -2.33. The molecule has 1 aliphatic heterocycles. The molecule has 3 heterocycles. The van der Waals surface area contributed by atoms with Crippen LogP contribution in [0.5, 0.6) is 0 Å². The Hall–Kier alpha value is -1.88. The third-order valence-electron chi connectivity index (χ3n) is 4.10. The highest BCUT2D eigenvalue weighted by Crippen LogP contribution is 2.20. The molecule has 0 radical (unpaired) electrons. The van der Waals surface area contributed by atoms with Crippen LogP contribution in [-0.4, -0.2) is 40.0 Å². The van der Waals surface area contributed by atoms with E-state index in [1.54, 1.807) is 0 Å². The fourth-order valence-corrected chi connectivity index (χ4v) is 3.02. The summed E-state index contributed by atoms with van der Waals surface area (Å²) in [6, 6.07) is 3.95. The molecule has 0 aliphatic carbocycles. The Morgan fingerprint density at radius 2 is 2.24 bits per heavy atom. The molecule has 0 spiro atoms. The molecule has 2 aromatic rings. The van der Waals surface area contributed by atoms with E-state index in [-0.39, 0.29) is 12.0 Å². The number of nitrogens with zero attached hydrogens (tertiary/aromatic N) is 3. The number of ether oxygens (including phenoxy) is 1. The second-order valence-electron chi connectivity index (χ2n) is 5.71. The zero-order valence-corrected chi connectivity index (χ0v) is 12.6. The van der Waals surface area contributed by atoms with Gasteiger partial charge in [-0.25, -0.2) is 4.98 Å². The van der Waals surface area contributed by atoms with Crippen LogP contribution in [0.4, 0.5) is 0 Å². The van der Waals surface area contributed by atoms with Crippen molar-refractivity contribution >= 4 is 11.6 Å². The Morgan fingerprint density at radius 3 is 3.05 bits per heavy atom. The maximum Gasteiger partial charge on any atom is 0.323 e. The molecule has 1 saturated heterocycles. The molecule has 5 heteroatoms. The first-order valence-electron chi connectivity index (χ1n) is 7.43. The first-order valence-corrected chi connectivity index (χ1v) is 7.43. The zero-order valence-electron chi connectivity index (χ0n) is 12.6. The van der Waals surface area contributed by atoms with Gasteiger partial charge in [0.2, 0.25) is 0 Å². The number of aryl methyl sites for hydroxylation is 1. The van der Waals surface area contributed by atoms with Crippen molar-refractivity contribution in [3.8, 4) is 0 Å². The van der Waals surface area contributed by atoms with Crippen molar-refractivity contribution in [1.82, 2.24) is 14.3 Å². The van der Waals surface area contributed by atoms with E-state index in [0.717, 1.165) is 37.1 Å².